The summed E-state index contributed by atoms with van der Waals surface area (Å²) in [5.41, 5.74) is 0.958. The van der Waals surface area contributed by atoms with Crippen molar-refractivity contribution in [1.29, 1.82) is 0 Å². The van der Waals surface area contributed by atoms with Crippen LogP contribution in [0.25, 0.3) is 0 Å². The molecule has 4 rings (SSSR count). The summed E-state index contributed by atoms with van der Waals surface area (Å²) in [7, 11) is -2.22. The lowest BCUT2D eigenvalue weighted by Crippen LogP contribution is -2.29. The number of sulfonamides is 1. The van der Waals surface area contributed by atoms with Crippen LogP contribution in [0.5, 0.6) is 11.5 Å². The Morgan fingerprint density at radius 3 is 2.56 bits per heavy atom. The summed E-state index contributed by atoms with van der Waals surface area (Å²) in [6.45, 7) is 3.24. The predicted octanol–water partition coefficient (Wildman–Crippen LogP) is 2.87. The van der Waals surface area contributed by atoms with Crippen LogP contribution in [-0.4, -0.2) is 57.9 Å². The van der Waals surface area contributed by atoms with Crippen molar-refractivity contribution < 1.29 is 27.5 Å². The van der Waals surface area contributed by atoms with Gasteiger partial charge in [0, 0.05) is 31.7 Å². The number of carbonyl (C=O) groups is 2. The molecule has 0 saturated carbocycles. The molecule has 1 unspecified atom stereocenters. The monoisotopic (exact) mass is 487 g/mol. The molecule has 0 aliphatic carbocycles. The minimum Gasteiger partial charge on any atom is -0.495 e. The second-order valence-corrected chi connectivity index (χ2v) is 10.2. The molecule has 0 spiro atoms. The molecule has 2 aliphatic heterocycles. The number of carbonyl (C=O) groups excluding carboxylic acids is 2. The molecule has 34 heavy (non-hydrogen) atoms. The quantitative estimate of drug-likeness (QED) is 0.614. The summed E-state index contributed by atoms with van der Waals surface area (Å²) in [5.74, 6) is -0.290. The molecule has 1 N–H and O–H groups in total. The summed E-state index contributed by atoms with van der Waals surface area (Å²) >= 11 is 0. The van der Waals surface area contributed by atoms with Crippen molar-refractivity contribution in [2.24, 2.45) is 5.92 Å². The third-order valence-corrected chi connectivity index (χ3v) is 7.99. The Kier molecular flexibility index (Phi) is 7.08. The molecular weight excluding hydrogens is 458 g/mol. The van der Waals surface area contributed by atoms with Gasteiger partial charge in [-0.2, -0.15) is 4.31 Å². The number of methoxy groups -OCH3 is 1. The van der Waals surface area contributed by atoms with Crippen LogP contribution in [0.4, 0.5) is 11.4 Å². The van der Waals surface area contributed by atoms with E-state index in [0.717, 1.165) is 12.8 Å². The smallest absolute Gasteiger partial charge is 0.246 e. The van der Waals surface area contributed by atoms with Crippen LogP contribution in [-0.2, 0) is 19.6 Å². The van der Waals surface area contributed by atoms with Gasteiger partial charge in [0.1, 0.15) is 16.4 Å². The number of nitrogens with zero attached hydrogens (tertiary/aromatic N) is 2. The van der Waals surface area contributed by atoms with Gasteiger partial charge in [0.15, 0.2) is 0 Å². The molecular formula is C24H29N3O6S. The summed E-state index contributed by atoms with van der Waals surface area (Å²) in [5, 5.41) is 2.79. The van der Waals surface area contributed by atoms with Gasteiger partial charge in [0.25, 0.3) is 0 Å². The second kappa shape index (κ2) is 10.0. The third kappa shape index (κ3) is 4.74. The van der Waals surface area contributed by atoms with E-state index in [0.29, 0.717) is 36.8 Å². The Bertz CT molecular complexity index is 1180. The summed E-state index contributed by atoms with van der Waals surface area (Å²) in [6, 6.07) is 11.8. The molecule has 2 aromatic carbocycles. The topological polar surface area (TPSA) is 105 Å². The summed E-state index contributed by atoms with van der Waals surface area (Å²) < 4.78 is 38.7. The van der Waals surface area contributed by atoms with E-state index in [1.807, 2.05) is 6.07 Å². The molecule has 0 bridgehead atoms. The Hall–Kier alpha value is -3.11. The van der Waals surface area contributed by atoms with E-state index in [1.165, 1.54) is 17.5 Å². The summed E-state index contributed by atoms with van der Waals surface area (Å²) in [6.07, 6.45) is 1.69. The van der Waals surface area contributed by atoms with Gasteiger partial charge in [-0.05, 0) is 50.1 Å². The maximum Gasteiger partial charge on any atom is 0.246 e. The Balaban J connectivity index is 1.53. The average Bonchev–Trinajstić information content (AvgIpc) is 3.51. The number of ether oxygens (including phenoxy) is 2. The SMILES string of the molecule is CCOc1ccc(NC(=O)C2CC(=O)N(c3ccccc3OC)C2)cc1S(=O)(=O)N1CCCC1. The number of para-hydroxylation sites is 2. The zero-order valence-electron chi connectivity index (χ0n) is 19.3. The van der Waals surface area contributed by atoms with Crippen molar-refractivity contribution in [3.05, 3.63) is 42.5 Å². The van der Waals surface area contributed by atoms with Crippen molar-refractivity contribution in [3.8, 4) is 11.5 Å². The Labute approximate surface area is 199 Å². The first-order valence-electron chi connectivity index (χ1n) is 11.4. The number of anilines is 2. The second-order valence-electron chi connectivity index (χ2n) is 8.27. The first-order valence-corrected chi connectivity index (χ1v) is 12.8. The van der Waals surface area contributed by atoms with E-state index in [-0.39, 0.29) is 35.4 Å². The Morgan fingerprint density at radius 2 is 1.85 bits per heavy atom. The molecule has 0 radical (unpaired) electrons. The van der Waals surface area contributed by atoms with E-state index in [1.54, 1.807) is 42.2 Å². The molecule has 1 atom stereocenters. The number of hydrogen-bond donors (Lipinski definition) is 1. The lowest BCUT2D eigenvalue weighted by atomic mass is 10.1. The average molecular weight is 488 g/mol. The zero-order chi connectivity index (χ0) is 24.3. The van der Waals surface area contributed by atoms with E-state index < -0.39 is 15.9 Å². The van der Waals surface area contributed by atoms with Crippen LogP contribution >= 0.6 is 0 Å². The highest BCUT2D eigenvalue weighted by Gasteiger charge is 2.37. The minimum absolute atomic E-state index is 0.0344. The van der Waals surface area contributed by atoms with Gasteiger partial charge in [-0.25, -0.2) is 8.42 Å². The van der Waals surface area contributed by atoms with Crippen LogP contribution in [0.3, 0.4) is 0 Å². The third-order valence-electron chi connectivity index (χ3n) is 6.07. The highest BCUT2D eigenvalue weighted by molar-refractivity contribution is 7.89. The van der Waals surface area contributed by atoms with E-state index in [9.17, 15) is 18.0 Å². The minimum atomic E-state index is -3.75. The number of rotatable bonds is 8. The lowest BCUT2D eigenvalue weighted by molar-refractivity contribution is -0.122. The largest absolute Gasteiger partial charge is 0.495 e. The maximum absolute atomic E-state index is 13.2. The van der Waals surface area contributed by atoms with Crippen LogP contribution < -0.4 is 19.7 Å². The van der Waals surface area contributed by atoms with Gasteiger partial charge >= 0.3 is 0 Å². The van der Waals surface area contributed by atoms with Gasteiger partial charge < -0.3 is 19.7 Å². The molecule has 2 aliphatic rings. The zero-order valence-corrected chi connectivity index (χ0v) is 20.1. The van der Waals surface area contributed by atoms with Crippen molar-refractivity contribution in [2.45, 2.75) is 31.1 Å². The van der Waals surface area contributed by atoms with E-state index in [4.69, 9.17) is 9.47 Å². The molecule has 182 valence electrons. The van der Waals surface area contributed by atoms with Gasteiger partial charge in [0.05, 0.1) is 25.3 Å². The number of amides is 2. The molecule has 2 fully saturated rings. The van der Waals surface area contributed by atoms with Gasteiger partial charge in [-0.1, -0.05) is 12.1 Å². The van der Waals surface area contributed by atoms with E-state index in [2.05, 4.69) is 5.32 Å². The number of nitrogens with one attached hydrogen (secondary N) is 1. The van der Waals surface area contributed by atoms with Gasteiger partial charge in [0.2, 0.25) is 21.8 Å². The number of hydrogen-bond acceptors (Lipinski definition) is 6. The molecule has 2 heterocycles. The van der Waals surface area contributed by atoms with Crippen LogP contribution in [0, 0.1) is 5.92 Å². The molecule has 2 amide bonds. The lowest BCUT2D eigenvalue weighted by Gasteiger charge is -2.20. The highest BCUT2D eigenvalue weighted by Crippen LogP contribution is 2.34. The van der Waals surface area contributed by atoms with Crippen LogP contribution in [0.15, 0.2) is 47.4 Å². The van der Waals surface area contributed by atoms with E-state index >= 15 is 0 Å². The summed E-state index contributed by atoms with van der Waals surface area (Å²) in [4.78, 5) is 27.2. The molecule has 0 aromatic heterocycles. The molecule has 9 nitrogen and oxygen atoms in total. The fourth-order valence-electron chi connectivity index (χ4n) is 4.34. The van der Waals surface area contributed by atoms with Crippen LogP contribution in [0.1, 0.15) is 26.2 Å². The van der Waals surface area contributed by atoms with Gasteiger partial charge in [-0.3, -0.25) is 9.59 Å². The van der Waals surface area contributed by atoms with Crippen molar-refractivity contribution >= 4 is 33.2 Å². The first-order chi connectivity index (χ1) is 16.3. The predicted molar refractivity (Wildman–Crippen MR) is 128 cm³/mol. The maximum atomic E-state index is 13.2. The fraction of sp³-hybridized carbons (Fsp3) is 0.417. The van der Waals surface area contributed by atoms with Crippen LogP contribution in [0.2, 0.25) is 0 Å². The number of benzene rings is 2. The fourth-order valence-corrected chi connectivity index (χ4v) is 6.02. The van der Waals surface area contributed by atoms with Gasteiger partial charge in [-0.15, -0.1) is 0 Å². The molecule has 10 heteroatoms. The standard InChI is InChI=1S/C24H29N3O6S/c1-3-33-21-11-10-18(15-22(21)34(30,31)26-12-6-7-13-26)25-24(29)17-14-23(28)27(16-17)19-8-4-5-9-20(19)32-2/h4-5,8-11,15,17H,3,6-7,12-14,16H2,1-2H3,(H,25,29). The van der Waals surface area contributed by atoms with Crippen molar-refractivity contribution in [3.63, 3.8) is 0 Å². The Morgan fingerprint density at radius 1 is 1.12 bits per heavy atom. The van der Waals surface area contributed by atoms with Crippen molar-refractivity contribution in [2.75, 3.05) is 43.6 Å². The normalized spacial score (nSPS) is 18.8. The highest BCUT2D eigenvalue weighted by atomic mass is 32.2. The first kappa shape index (κ1) is 24.0. The molecule has 2 aromatic rings. The van der Waals surface area contributed by atoms with Crippen molar-refractivity contribution in [1.82, 2.24) is 4.31 Å². The molecule has 2 saturated heterocycles.